The van der Waals surface area contributed by atoms with Gasteiger partial charge in [0.15, 0.2) is 0 Å². The summed E-state index contributed by atoms with van der Waals surface area (Å²) < 4.78 is 1.14. The molecule has 0 aliphatic rings. The van der Waals surface area contributed by atoms with Gasteiger partial charge in [0.05, 0.1) is 0 Å². The molecular weight excluding hydrogens is 300 g/mol. The third-order valence-corrected chi connectivity index (χ3v) is 4.37. The summed E-state index contributed by atoms with van der Waals surface area (Å²) in [6.45, 7) is 8.85. The standard InChI is InChI=1S/C16H27BrN2/c1-5-13(3)19(4)12-11-16(18-6-2)14-7-9-15(17)10-8-14/h7-10,13,16,18H,5-6,11-12H2,1-4H3. The van der Waals surface area contributed by atoms with Crippen LogP contribution in [0, 0.1) is 0 Å². The van der Waals surface area contributed by atoms with Crippen LogP contribution in [0.1, 0.15) is 45.2 Å². The second-order valence-corrected chi connectivity index (χ2v) is 6.10. The lowest BCUT2D eigenvalue weighted by Gasteiger charge is -2.26. The fourth-order valence-corrected chi connectivity index (χ4v) is 2.46. The van der Waals surface area contributed by atoms with Crippen LogP contribution in [0.5, 0.6) is 0 Å². The van der Waals surface area contributed by atoms with Crippen LogP contribution in [0.3, 0.4) is 0 Å². The van der Waals surface area contributed by atoms with Crippen molar-refractivity contribution >= 4 is 15.9 Å². The molecule has 2 atom stereocenters. The Balaban J connectivity index is 2.60. The van der Waals surface area contributed by atoms with Crippen LogP contribution >= 0.6 is 15.9 Å². The smallest absolute Gasteiger partial charge is 0.0332 e. The molecule has 1 aromatic rings. The second-order valence-electron chi connectivity index (χ2n) is 5.19. The highest BCUT2D eigenvalue weighted by molar-refractivity contribution is 9.10. The first-order valence-corrected chi connectivity index (χ1v) is 8.06. The van der Waals surface area contributed by atoms with E-state index in [9.17, 15) is 0 Å². The lowest BCUT2D eigenvalue weighted by atomic mass is 10.0. The van der Waals surface area contributed by atoms with Gasteiger partial charge in [-0.2, -0.15) is 0 Å². The van der Waals surface area contributed by atoms with Crippen molar-refractivity contribution in [2.45, 2.75) is 45.7 Å². The molecule has 0 heterocycles. The summed E-state index contributed by atoms with van der Waals surface area (Å²) in [6.07, 6.45) is 2.36. The Morgan fingerprint density at radius 1 is 1.21 bits per heavy atom. The molecule has 0 saturated carbocycles. The highest BCUT2D eigenvalue weighted by Crippen LogP contribution is 2.20. The number of nitrogens with one attached hydrogen (secondary N) is 1. The van der Waals surface area contributed by atoms with Crippen molar-refractivity contribution in [3.05, 3.63) is 34.3 Å². The van der Waals surface area contributed by atoms with Gasteiger partial charge in [-0.15, -0.1) is 0 Å². The highest BCUT2D eigenvalue weighted by Gasteiger charge is 2.13. The molecule has 1 N–H and O–H groups in total. The molecule has 19 heavy (non-hydrogen) atoms. The molecule has 1 aromatic carbocycles. The molecule has 0 amide bonds. The van der Waals surface area contributed by atoms with Crippen LogP contribution in [-0.4, -0.2) is 31.1 Å². The van der Waals surface area contributed by atoms with E-state index in [0.29, 0.717) is 12.1 Å². The van der Waals surface area contributed by atoms with Gasteiger partial charge >= 0.3 is 0 Å². The Morgan fingerprint density at radius 2 is 1.84 bits per heavy atom. The zero-order valence-electron chi connectivity index (χ0n) is 12.6. The van der Waals surface area contributed by atoms with Crippen molar-refractivity contribution < 1.29 is 0 Å². The van der Waals surface area contributed by atoms with Gasteiger partial charge in [0, 0.05) is 16.6 Å². The maximum absolute atomic E-state index is 3.59. The average molecular weight is 327 g/mol. The van der Waals surface area contributed by atoms with Crippen molar-refractivity contribution in [2.24, 2.45) is 0 Å². The van der Waals surface area contributed by atoms with E-state index in [1.165, 1.54) is 12.0 Å². The molecular formula is C16H27BrN2. The molecule has 0 radical (unpaired) electrons. The van der Waals surface area contributed by atoms with Gasteiger partial charge in [-0.25, -0.2) is 0 Å². The van der Waals surface area contributed by atoms with Gasteiger partial charge in [0.25, 0.3) is 0 Å². The van der Waals surface area contributed by atoms with Gasteiger partial charge < -0.3 is 10.2 Å². The van der Waals surface area contributed by atoms with Crippen molar-refractivity contribution in [3.63, 3.8) is 0 Å². The third kappa shape index (κ3) is 5.64. The lowest BCUT2D eigenvalue weighted by molar-refractivity contribution is 0.238. The topological polar surface area (TPSA) is 15.3 Å². The summed E-state index contributed by atoms with van der Waals surface area (Å²) in [5.74, 6) is 0. The fraction of sp³-hybridized carbons (Fsp3) is 0.625. The van der Waals surface area contributed by atoms with E-state index in [2.05, 4.69) is 78.2 Å². The molecule has 0 aliphatic carbocycles. The molecule has 1 rings (SSSR count). The minimum absolute atomic E-state index is 0.449. The highest BCUT2D eigenvalue weighted by atomic mass is 79.9. The van der Waals surface area contributed by atoms with Crippen LogP contribution in [0.15, 0.2) is 28.7 Å². The lowest BCUT2D eigenvalue weighted by Crippen LogP contribution is -2.32. The SMILES string of the molecule is CCNC(CCN(C)C(C)CC)c1ccc(Br)cc1. The zero-order valence-corrected chi connectivity index (χ0v) is 14.2. The van der Waals surface area contributed by atoms with Crippen LogP contribution < -0.4 is 5.32 Å². The molecule has 0 aromatic heterocycles. The number of nitrogens with zero attached hydrogens (tertiary/aromatic N) is 1. The van der Waals surface area contributed by atoms with E-state index in [-0.39, 0.29) is 0 Å². The average Bonchev–Trinajstić information content (AvgIpc) is 2.43. The summed E-state index contributed by atoms with van der Waals surface area (Å²) in [6, 6.07) is 9.77. The van der Waals surface area contributed by atoms with Crippen molar-refractivity contribution in [3.8, 4) is 0 Å². The minimum atomic E-state index is 0.449. The molecule has 0 fully saturated rings. The predicted octanol–water partition coefficient (Wildman–Crippen LogP) is 4.22. The van der Waals surface area contributed by atoms with Crippen LogP contribution in [0.25, 0.3) is 0 Å². The number of hydrogen-bond donors (Lipinski definition) is 1. The van der Waals surface area contributed by atoms with Gasteiger partial charge in [-0.1, -0.05) is 41.9 Å². The van der Waals surface area contributed by atoms with E-state index < -0.39 is 0 Å². The fourth-order valence-electron chi connectivity index (χ4n) is 2.19. The molecule has 2 unspecified atom stereocenters. The maximum atomic E-state index is 3.59. The van der Waals surface area contributed by atoms with E-state index in [0.717, 1.165) is 24.0 Å². The molecule has 0 spiro atoms. The van der Waals surface area contributed by atoms with Crippen molar-refractivity contribution in [2.75, 3.05) is 20.1 Å². The van der Waals surface area contributed by atoms with Gasteiger partial charge in [-0.3, -0.25) is 0 Å². The summed E-state index contributed by atoms with van der Waals surface area (Å²) in [5, 5.41) is 3.59. The quantitative estimate of drug-likeness (QED) is 0.769. The Hall–Kier alpha value is -0.380. The summed E-state index contributed by atoms with van der Waals surface area (Å²) in [5.41, 5.74) is 1.38. The Kier molecular flexibility index (Phi) is 7.66. The van der Waals surface area contributed by atoms with Gasteiger partial charge in [0.1, 0.15) is 0 Å². The normalized spacial score (nSPS) is 14.6. The van der Waals surface area contributed by atoms with Crippen LogP contribution in [0.4, 0.5) is 0 Å². The number of rotatable bonds is 8. The predicted molar refractivity (Wildman–Crippen MR) is 87.6 cm³/mol. The monoisotopic (exact) mass is 326 g/mol. The summed E-state index contributed by atoms with van der Waals surface area (Å²) >= 11 is 3.50. The van der Waals surface area contributed by atoms with Gasteiger partial charge in [0.2, 0.25) is 0 Å². The van der Waals surface area contributed by atoms with Crippen molar-refractivity contribution in [1.82, 2.24) is 10.2 Å². The summed E-state index contributed by atoms with van der Waals surface area (Å²) in [4.78, 5) is 2.45. The molecule has 0 saturated heterocycles. The number of benzene rings is 1. The zero-order chi connectivity index (χ0) is 14.3. The van der Waals surface area contributed by atoms with Crippen LogP contribution in [0.2, 0.25) is 0 Å². The van der Waals surface area contributed by atoms with Crippen LogP contribution in [-0.2, 0) is 0 Å². The molecule has 108 valence electrons. The summed E-state index contributed by atoms with van der Waals surface area (Å²) in [7, 11) is 2.22. The van der Waals surface area contributed by atoms with E-state index in [1.807, 2.05) is 0 Å². The molecule has 3 heteroatoms. The second kappa shape index (κ2) is 8.72. The molecule has 2 nitrogen and oxygen atoms in total. The van der Waals surface area contributed by atoms with Gasteiger partial charge in [-0.05, 0) is 57.6 Å². The number of halogens is 1. The van der Waals surface area contributed by atoms with E-state index in [1.54, 1.807) is 0 Å². The first-order chi connectivity index (χ1) is 9.08. The Morgan fingerprint density at radius 3 is 2.37 bits per heavy atom. The Bertz CT molecular complexity index is 350. The van der Waals surface area contributed by atoms with E-state index >= 15 is 0 Å². The molecule has 0 bridgehead atoms. The molecule has 0 aliphatic heterocycles. The number of hydrogen-bond acceptors (Lipinski definition) is 2. The largest absolute Gasteiger partial charge is 0.310 e. The third-order valence-electron chi connectivity index (χ3n) is 3.84. The van der Waals surface area contributed by atoms with Crippen molar-refractivity contribution in [1.29, 1.82) is 0 Å². The van der Waals surface area contributed by atoms with E-state index in [4.69, 9.17) is 0 Å². The first kappa shape index (κ1) is 16.7. The first-order valence-electron chi connectivity index (χ1n) is 7.27. The maximum Gasteiger partial charge on any atom is 0.0332 e. The minimum Gasteiger partial charge on any atom is -0.310 e. The Labute approximate surface area is 126 Å².